The first-order valence-electron chi connectivity index (χ1n) is 10.0. The largest absolute Gasteiger partial charge is 0.447 e. The van der Waals surface area contributed by atoms with Crippen LogP contribution in [0.25, 0.3) is 0 Å². The second-order valence-electron chi connectivity index (χ2n) is 7.39. The average molecular weight is 464 g/mol. The lowest BCUT2D eigenvalue weighted by atomic mass is 10.1. The zero-order chi connectivity index (χ0) is 22.4. The van der Waals surface area contributed by atoms with Crippen molar-refractivity contribution in [3.63, 3.8) is 0 Å². The lowest BCUT2D eigenvalue weighted by molar-refractivity contribution is 0.0934. The zero-order valence-electron chi connectivity index (χ0n) is 17.4. The highest BCUT2D eigenvalue weighted by atomic mass is 35.5. The summed E-state index contributed by atoms with van der Waals surface area (Å²) in [6.45, 7) is 5.22. The van der Waals surface area contributed by atoms with Crippen molar-refractivity contribution in [1.82, 2.24) is 15.2 Å². The topological polar surface area (TPSA) is 58.4 Å². The Kier molecular flexibility index (Phi) is 8.07. The molecule has 0 aliphatic rings. The quantitative estimate of drug-likeness (QED) is 0.432. The van der Waals surface area contributed by atoms with Gasteiger partial charge in [0.2, 0.25) is 5.89 Å². The number of carbonyl (C=O) groups is 1. The predicted molar refractivity (Wildman–Crippen MR) is 120 cm³/mol. The first-order chi connectivity index (χ1) is 14.9. The molecule has 1 atom stereocenters. The maximum absolute atomic E-state index is 13.3. The highest BCUT2D eigenvalue weighted by Crippen LogP contribution is 2.27. The summed E-state index contributed by atoms with van der Waals surface area (Å²) in [6, 6.07) is 11.8. The van der Waals surface area contributed by atoms with Crippen molar-refractivity contribution in [1.29, 1.82) is 0 Å². The number of hydrogen-bond donors (Lipinski definition) is 1. The number of oxazole rings is 1. The SMILES string of the molecule is CC[C@@H](C)NC(=O)c1coc(CN(Cc2ccc(F)cc2)Cc2cccc(Cl)c2Cl)n1. The third-order valence-electron chi connectivity index (χ3n) is 4.88. The summed E-state index contributed by atoms with van der Waals surface area (Å²) in [5, 5.41) is 3.82. The van der Waals surface area contributed by atoms with Gasteiger partial charge in [0.25, 0.3) is 5.91 Å². The van der Waals surface area contributed by atoms with E-state index >= 15 is 0 Å². The number of rotatable bonds is 9. The second kappa shape index (κ2) is 10.8. The van der Waals surface area contributed by atoms with Crippen LogP contribution in [-0.4, -0.2) is 21.8 Å². The molecule has 0 aliphatic carbocycles. The predicted octanol–water partition coefficient (Wildman–Crippen LogP) is 5.85. The molecule has 1 N–H and O–H groups in total. The van der Waals surface area contributed by atoms with E-state index in [1.165, 1.54) is 18.4 Å². The molecule has 1 heterocycles. The fraction of sp³-hybridized carbons (Fsp3) is 0.304. The Morgan fingerprint density at radius 3 is 2.61 bits per heavy atom. The number of carbonyl (C=O) groups excluding carboxylic acids is 1. The molecular formula is C23H24Cl2FN3O2. The molecule has 1 aromatic heterocycles. The van der Waals surface area contributed by atoms with Crippen LogP contribution in [0.5, 0.6) is 0 Å². The van der Waals surface area contributed by atoms with Gasteiger partial charge in [-0.15, -0.1) is 0 Å². The highest BCUT2D eigenvalue weighted by Gasteiger charge is 2.18. The number of amides is 1. The van der Waals surface area contributed by atoms with Gasteiger partial charge in [0, 0.05) is 19.1 Å². The number of hydrogen-bond acceptors (Lipinski definition) is 4. The summed E-state index contributed by atoms with van der Waals surface area (Å²) in [5.41, 5.74) is 2.00. The average Bonchev–Trinajstić information content (AvgIpc) is 3.21. The van der Waals surface area contributed by atoms with Crippen LogP contribution in [-0.2, 0) is 19.6 Å². The maximum Gasteiger partial charge on any atom is 0.273 e. The fourth-order valence-corrected chi connectivity index (χ4v) is 3.39. The fourth-order valence-electron chi connectivity index (χ4n) is 3.01. The van der Waals surface area contributed by atoms with Crippen molar-refractivity contribution < 1.29 is 13.6 Å². The minimum absolute atomic E-state index is 0.0487. The first-order valence-corrected chi connectivity index (χ1v) is 10.8. The number of benzene rings is 2. The molecule has 0 saturated carbocycles. The molecule has 0 unspecified atom stereocenters. The summed E-state index contributed by atoms with van der Waals surface area (Å²) in [4.78, 5) is 18.7. The molecule has 31 heavy (non-hydrogen) atoms. The van der Waals surface area contributed by atoms with Crippen molar-refractivity contribution in [3.8, 4) is 0 Å². The molecule has 0 saturated heterocycles. The van der Waals surface area contributed by atoms with E-state index in [-0.39, 0.29) is 23.5 Å². The van der Waals surface area contributed by atoms with E-state index in [2.05, 4.69) is 10.3 Å². The summed E-state index contributed by atoms with van der Waals surface area (Å²) in [5.74, 6) is -0.167. The molecule has 5 nitrogen and oxygen atoms in total. The minimum Gasteiger partial charge on any atom is -0.447 e. The molecule has 0 bridgehead atoms. The number of nitrogens with one attached hydrogen (secondary N) is 1. The lowest BCUT2D eigenvalue weighted by Gasteiger charge is -2.22. The van der Waals surface area contributed by atoms with Crippen LogP contribution in [0.2, 0.25) is 10.0 Å². The van der Waals surface area contributed by atoms with Gasteiger partial charge >= 0.3 is 0 Å². The Morgan fingerprint density at radius 1 is 1.16 bits per heavy atom. The van der Waals surface area contributed by atoms with E-state index in [0.717, 1.165) is 17.5 Å². The van der Waals surface area contributed by atoms with Gasteiger partial charge in [-0.1, -0.05) is 54.4 Å². The van der Waals surface area contributed by atoms with Gasteiger partial charge in [-0.25, -0.2) is 9.37 Å². The van der Waals surface area contributed by atoms with E-state index < -0.39 is 0 Å². The number of halogens is 3. The van der Waals surface area contributed by atoms with Crippen molar-refractivity contribution >= 4 is 29.1 Å². The van der Waals surface area contributed by atoms with Crippen molar-refractivity contribution in [2.75, 3.05) is 0 Å². The van der Waals surface area contributed by atoms with E-state index in [1.54, 1.807) is 18.2 Å². The summed E-state index contributed by atoms with van der Waals surface area (Å²) in [6.07, 6.45) is 2.18. The third-order valence-corrected chi connectivity index (χ3v) is 5.74. The highest BCUT2D eigenvalue weighted by molar-refractivity contribution is 6.42. The van der Waals surface area contributed by atoms with E-state index in [0.29, 0.717) is 35.6 Å². The zero-order valence-corrected chi connectivity index (χ0v) is 18.9. The molecule has 164 valence electrons. The summed E-state index contributed by atoms with van der Waals surface area (Å²) < 4.78 is 18.8. The normalized spacial score (nSPS) is 12.2. The van der Waals surface area contributed by atoms with Crippen LogP contribution in [0.4, 0.5) is 4.39 Å². The molecule has 0 aliphatic heterocycles. The van der Waals surface area contributed by atoms with Gasteiger partial charge in [0.15, 0.2) is 5.69 Å². The smallest absolute Gasteiger partial charge is 0.273 e. The summed E-state index contributed by atoms with van der Waals surface area (Å²) in [7, 11) is 0. The Labute approximate surface area is 191 Å². The number of aromatic nitrogens is 1. The van der Waals surface area contributed by atoms with Crippen molar-refractivity contribution in [2.45, 2.75) is 45.9 Å². The van der Waals surface area contributed by atoms with Crippen LogP contribution < -0.4 is 5.32 Å². The second-order valence-corrected chi connectivity index (χ2v) is 8.18. The third kappa shape index (κ3) is 6.53. The van der Waals surface area contributed by atoms with Gasteiger partial charge in [-0.05, 0) is 42.7 Å². The van der Waals surface area contributed by atoms with Crippen molar-refractivity contribution in [2.24, 2.45) is 0 Å². The Morgan fingerprint density at radius 2 is 1.90 bits per heavy atom. The number of nitrogens with zero attached hydrogens (tertiary/aromatic N) is 2. The standard InChI is InChI=1S/C23H24Cl2FN3O2/c1-3-15(2)27-23(30)20-14-31-21(28-20)13-29(11-16-7-9-18(26)10-8-16)12-17-5-4-6-19(24)22(17)25/h4-10,14-15H,3,11-13H2,1-2H3,(H,27,30)/t15-/m1/s1. The van der Waals surface area contributed by atoms with E-state index in [9.17, 15) is 9.18 Å². The maximum atomic E-state index is 13.3. The lowest BCUT2D eigenvalue weighted by Crippen LogP contribution is -2.32. The van der Waals surface area contributed by atoms with Crippen LogP contribution in [0.3, 0.4) is 0 Å². The van der Waals surface area contributed by atoms with Gasteiger partial charge in [0.1, 0.15) is 12.1 Å². The first kappa shape index (κ1) is 23.3. The minimum atomic E-state index is -0.294. The molecule has 0 fully saturated rings. The van der Waals surface area contributed by atoms with E-state index in [4.69, 9.17) is 27.6 Å². The van der Waals surface area contributed by atoms with Gasteiger partial charge in [-0.3, -0.25) is 9.69 Å². The van der Waals surface area contributed by atoms with Crippen LogP contribution >= 0.6 is 23.2 Å². The molecule has 8 heteroatoms. The Bertz CT molecular complexity index is 1020. The van der Waals surface area contributed by atoms with Gasteiger partial charge in [-0.2, -0.15) is 0 Å². The van der Waals surface area contributed by atoms with Crippen LogP contribution in [0, 0.1) is 5.82 Å². The van der Waals surface area contributed by atoms with Crippen molar-refractivity contribution in [3.05, 3.63) is 87.3 Å². The molecule has 3 aromatic rings. The van der Waals surface area contributed by atoms with Crippen LogP contribution in [0.15, 0.2) is 53.1 Å². The summed E-state index contributed by atoms with van der Waals surface area (Å²) >= 11 is 12.5. The monoisotopic (exact) mass is 463 g/mol. The van der Waals surface area contributed by atoms with Gasteiger partial charge < -0.3 is 9.73 Å². The Hall–Kier alpha value is -2.41. The molecule has 2 aromatic carbocycles. The van der Waals surface area contributed by atoms with Crippen LogP contribution in [0.1, 0.15) is 47.8 Å². The Balaban J connectivity index is 1.78. The van der Waals surface area contributed by atoms with Gasteiger partial charge in [0.05, 0.1) is 16.6 Å². The molecule has 0 radical (unpaired) electrons. The van der Waals surface area contributed by atoms with E-state index in [1.807, 2.05) is 30.9 Å². The molecule has 3 rings (SSSR count). The molecule has 0 spiro atoms. The molecular weight excluding hydrogens is 440 g/mol. The molecule has 1 amide bonds.